The molecule has 4 N–H and O–H groups in total. The summed E-state index contributed by atoms with van der Waals surface area (Å²) in [6.45, 7) is 0.765. The van der Waals surface area contributed by atoms with Crippen LogP contribution in [0.2, 0.25) is 0 Å². The number of amides is 1. The lowest BCUT2D eigenvalue weighted by atomic mass is 10.1. The number of rotatable bonds is 2. The molecule has 1 aromatic heterocycles. The van der Waals surface area contributed by atoms with Crippen LogP contribution in [-0.4, -0.2) is 23.5 Å². The van der Waals surface area contributed by atoms with Crippen LogP contribution in [-0.2, 0) is 4.79 Å². The number of nitrogen functional groups attached to an aromatic ring is 1. The van der Waals surface area contributed by atoms with Crippen LogP contribution in [0.5, 0.6) is 0 Å². The molecule has 2 heterocycles. The quantitative estimate of drug-likeness (QED) is 0.652. The van der Waals surface area contributed by atoms with Gasteiger partial charge in [0.25, 0.3) is 0 Å². The summed E-state index contributed by atoms with van der Waals surface area (Å²) in [4.78, 5) is 15.5. The molecule has 1 fully saturated rings. The maximum atomic E-state index is 11.5. The van der Waals surface area contributed by atoms with Crippen molar-refractivity contribution < 1.29 is 4.79 Å². The number of nitrogens with one attached hydrogen (secondary N) is 2. The first-order valence-electron chi connectivity index (χ1n) is 5.02. The molecule has 1 aliphatic heterocycles. The summed E-state index contributed by atoms with van der Waals surface area (Å²) in [5, 5.41) is 5.87. The van der Waals surface area contributed by atoms with Gasteiger partial charge in [0.1, 0.15) is 17.7 Å². The van der Waals surface area contributed by atoms with Crippen LogP contribution in [0.1, 0.15) is 12.8 Å². The third kappa shape index (κ3) is 2.37. The van der Waals surface area contributed by atoms with E-state index in [4.69, 9.17) is 5.73 Å². The Hall–Kier alpha value is -1.78. The highest BCUT2D eigenvalue weighted by atomic mass is 16.2. The number of nitrogens with two attached hydrogens (primary N) is 1. The van der Waals surface area contributed by atoms with Gasteiger partial charge in [-0.3, -0.25) is 4.79 Å². The zero-order valence-electron chi connectivity index (χ0n) is 8.36. The van der Waals surface area contributed by atoms with Crippen molar-refractivity contribution in [2.24, 2.45) is 0 Å². The summed E-state index contributed by atoms with van der Waals surface area (Å²) < 4.78 is 0. The number of anilines is 2. The van der Waals surface area contributed by atoms with Crippen LogP contribution in [0.3, 0.4) is 0 Å². The molecule has 0 aliphatic carbocycles. The first kappa shape index (κ1) is 9.76. The Bertz CT molecular complexity index is 366. The predicted molar refractivity (Wildman–Crippen MR) is 58.3 cm³/mol. The lowest BCUT2D eigenvalue weighted by Gasteiger charge is -2.23. The molecule has 0 bridgehead atoms. The van der Waals surface area contributed by atoms with Crippen LogP contribution in [0.15, 0.2) is 18.2 Å². The fourth-order valence-corrected chi connectivity index (χ4v) is 1.62. The molecule has 0 radical (unpaired) electrons. The molecular formula is C10H14N4O. The van der Waals surface area contributed by atoms with Gasteiger partial charge in [-0.25, -0.2) is 4.98 Å². The first-order chi connectivity index (χ1) is 7.25. The van der Waals surface area contributed by atoms with Crippen molar-refractivity contribution in [3.05, 3.63) is 18.2 Å². The molecule has 15 heavy (non-hydrogen) atoms. The van der Waals surface area contributed by atoms with Crippen LogP contribution in [0, 0.1) is 0 Å². The van der Waals surface area contributed by atoms with Crippen molar-refractivity contribution in [3.8, 4) is 0 Å². The van der Waals surface area contributed by atoms with Gasteiger partial charge in [-0.15, -0.1) is 0 Å². The SMILES string of the molecule is Nc1cccc(NC2CCCNC2=O)n1. The van der Waals surface area contributed by atoms with Gasteiger partial charge in [0, 0.05) is 6.54 Å². The van der Waals surface area contributed by atoms with E-state index in [2.05, 4.69) is 15.6 Å². The molecule has 1 aliphatic rings. The number of carbonyl (C=O) groups is 1. The predicted octanol–water partition coefficient (Wildman–Crippen LogP) is 0.354. The zero-order chi connectivity index (χ0) is 10.7. The van der Waals surface area contributed by atoms with Crippen molar-refractivity contribution >= 4 is 17.5 Å². The molecule has 80 valence electrons. The normalized spacial score (nSPS) is 20.8. The van der Waals surface area contributed by atoms with Gasteiger partial charge in [-0.1, -0.05) is 6.07 Å². The average molecular weight is 206 g/mol. The first-order valence-corrected chi connectivity index (χ1v) is 5.02. The number of carbonyl (C=O) groups excluding carboxylic acids is 1. The summed E-state index contributed by atoms with van der Waals surface area (Å²) in [6, 6.07) is 5.14. The number of pyridine rings is 1. The second-order valence-corrected chi connectivity index (χ2v) is 3.58. The Labute approximate surface area is 88.1 Å². The minimum absolute atomic E-state index is 0.0328. The van der Waals surface area contributed by atoms with Gasteiger partial charge in [-0.05, 0) is 25.0 Å². The highest BCUT2D eigenvalue weighted by Gasteiger charge is 2.21. The Kier molecular flexibility index (Phi) is 2.71. The maximum Gasteiger partial charge on any atom is 0.242 e. The fourth-order valence-electron chi connectivity index (χ4n) is 1.62. The van der Waals surface area contributed by atoms with Crippen LogP contribution in [0.25, 0.3) is 0 Å². The minimum atomic E-state index is -0.187. The lowest BCUT2D eigenvalue weighted by Crippen LogP contribution is -2.44. The third-order valence-electron chi connectivity index (χ3n) is 2.38. The summed E-state index contributed by atoms with van der Waals surface area (Å²) in [6.07, 6.45) is 1.83. The smallest absolute Gasteiger partial charge is 0.242 e. The van der Waals surface area contributed by atoms with E-state index in [1.165, 1.54) is 0 Å². The molecule has 1 amide bonds. The van der Waals surface area contributed by atoms with E-state index in [0.29, 0.717) is 11.6 Å². The maximum absolute atomic E-state index is 11.5. The molecule has 5 heteroatoms. The highest BCUT2D eigenvalue weighted by molar-refractivity contribution is 5.85. The number of nitrogens with zero attached hydrogens (tertiary/aromatic N) is 1. The van der Waals surface area contributed by atoms with Crippen molar-refractivity contribution in [1.82, 2.24) is 10.3 Å². The summed E-state index contributed by atoms with van der Waals surface area (Å²) >= 11 is 0. The van der Waals surface area contributed by atoms with Gasteiger partial charge >= 0.3 is 0 Å². The molecule has 2 rings (SSSR count). The molecule has 1 unspecified atom stereocenters. The molecule has 0 saturated carbocycles. The van der Waals surface area contributed by atoms with Crippen LogP contribution in [0.4, 0.5) is 11.6 Å². The number of aromatic nitrogens is 1. The topological polar surface area (TPSA) is 80.0 Å². The summed E-state index contributed by atoms with van der Waals surface area (Å²) in [7, 11) is 0. The van der Waals surface area contributed by atoms with Crippen molar-refractivity contribution in [2.45, 2.75) is 18.9 Å². The van der Waals surface area contributed by atoms with Gasteiger partial charge in [0.2, 0.25) is 5.91 Å². The van der Waals surface area contributed by atoms with E-state index in [-0.39, 0.29) is 11.9 Å². The second kappa shape index (κ2) is 4.16. The van der Waals surface area contributed by atoms with E-state index >= 15 is 0 Å². The largest absolute Gasteiger partial charge is 0.384 e. The number of piperidine rings is 1. The van der Waals surface area contributed by atoms with Crippen molar-refractivity contribution in [1.29, 1.82) is 0 Å². The summed E-state index contributed by atoms with van der Waals surface area (Å²) in [5.74, 6) is 1.14. The molecule has 5 nitrogen and oxygen atoms in total. The zero-order valence-corrected chi connectivity index (χ0v) is 8.36. The third-order valence-corrected chi connectivity index (χ3v) is 2.38. The molecule has 0 aromatic carbocycles. The van der Waals surface area contributed by atoms with E-state index in [1.807, 2.05) is 6.07 Å². The van der Waals surface area contributed by atoms with E-state index < -0.39 is 0 Å². The Balaban J connectivity index is 2.04. The molecule has 0 spiro atoms. The highest BCUT2D eigenvalue weighted by Crippen LogP contribution is 2.12. The van der Waals surface area contributed by atoms with E-state index in [1.54, 1.807) is 12.1 Å². The number of hydrogen-bond donors (Lipinski definition) is 3. The Morgan fingerprint density at radius 1 is 1.53 bits per heavy atom. The van der Waals surface area contributed by atoms with Gasteiger partial charge < -0.3 is 16.4 Å². The Morgan fingerprint density at radius 2 is 2.40 bits per heavy atom. The molecule has 1 saturated heterocycles. The van der Waals surface area contributed by atoms with E-state index in [9.17, 15) is 4.79 Å². The van der Waals surface area contributed by atoms with Gasteiger partial charge in [0.15, 0.2) is 0 Å². The Morgan fingerprint density at radius 3 is 3.13 bits per heavy atom. The minimum Gasteiger partial charge on any atom is -0.384 e. The molecular weight excluding hydrogens is 192 g/mol. The molecule has 1 aromatic rings. The van der Waals surface area contributed by atoms with Crippen molar-refractivity contribution in [2.75, 3.05) is 17.6 Å². The monoisotopic (exact) mass is 206 g/mol. The van der Waals surface area contributed by atoms with Crippen molar-refractivity contribution in [3.63, 3.8) is 0 Å². The van der Waals surface area contributed by atoms with Crippen LogP contribution >= 0.6 is 0 Å². The number of hydrogen-bond acceptors (Lipinski definition) is 4. The van der Waals surface area contributed by atoms with Gasteiger partial charge in [0.05, 0.1) is 0 Å². The lowest BCUT2D eigenvalue weighted by molar-refractivity contribution is -0.123. The average Bonchev–Trinajstić information content (AvgIpc) is 2.22. The fraction of sp³-hybridized carbons (Fsp3) is 0.400. The second-order valence-electron chi connectivity index (χ2n) is 3.58. The van der Waals surface area contributed by atoms with E-state index in [0.717, 1.165) is 19.4 Å². The standard InChI is InChI=1S/C10H14N4O/c11-8-4-1-5-9(14-8)13-7-3-2-6-12-10(7)15/h1,4-5,7H,2-3,6H2,(H,12,15)(H3,11,13,14). The summed E-state index contributed by atoms with van der Waals surface area (Å²) in [5.41, 5.74) is 5.55. The van der Waals surface area contributed by atoms with Crippen LogP contribution < -0.4 is 16.4 Å². The molecule has 1 atom stereocenters. The van der Waals surface area contributed by atoms with Gasteiger partial charge in [-0.2, -0.15) is 0 Å².